The molecule has 0 unspecified atom stereocenters. The molecule has 0 aliphatic rings. The van der Waals surface area contributed by atoms with Crippen molar-refractivity contribution in [2.24, 2.45) is 0 Å². The van der Waals surface area contributed by atoms with E-state index in [2.05, 4.69) is 42.3 Å². The first-order valence-electron chi connectivity index (χ1n) is 12.5. The number of benzene rings is 4. The van der Waals surface area contributed by atoms with Crippen molar-refractivity contribution in [3.8, 4) is 0 Å². The Balaban J connectivity index is 1.25. The van der Waals surface area contributed by atoms with E-state index < -0.39 is 5.91 Å². The van der Waals surface area contributed by atoms with Crippen LogP contribution >= 0.6 is 12.2 Å². The van der Waals surface area contributed by atoms with Gasteiger partial charge in [0, 0.05) is 16.8 Å². The van der Waals surface area contributed by atoms with Crippen LogP contribution < -0.4 is 21.5 Å². The molecule has 0 spiro atoms. The molecule has 4 aromatic rings. The Kier molecular flexibility index (Phi) is 8.36. The van der Waals surface area contributed by atoms with Gasteiger partial charge >= 0.3 is 0 Å². The van der Waals surface area contributed by atoms with Crippen LogP contribution in [0.5, 0.6) is 0 Å². The Labute approximate surface area is 233 Å². The number of thiocarbonyl (C=S) groups is 1. The van der Waals surface area contributed by atoms with Crippen molar-refractivity contribution in [1.82, 2.24) is 16.2 Å². The predicted octanol–water partition coefficient (Wildman–Crippen LogP) is 5.27. The van der Waals surface area contributed by atoms with Gasteiger partial charge in [-0.3, -0.25) is 25.2 Å². The minimum Gasteiger partial charge on any atom is -0.322 e. The number of fused-ring (bicyclic) bond motifs is 1. The quantitative estimate of drug-likeness (QED) is 0.205. The van der Waals surface area contributed by atoms with Gasteiger partial charge in [0.05, 0.1) is 6.42 Å². The lowest BCUT2D eigenvalue weighted by Gasteiger charge is -2.19. The van der Waals surface area contributed by atoms with Crippen LogP contribution in [0.2, 0.25) is 0 Å². The fourth-order valence-electron chi connectivity index (χ4n) is 4.04. The molecule has 3 amide bonds. The number of hydrogen-bond donors (Lipinski definition) is 4. The summed E-state index contributed by atoms with van der Waals surface area (Å²) in [6.45, 7) is 6.35. The SMILES string of the molecule is CC(C)(C)c1ccc(C(=O)Nc2ccc(C(=O)NNC(=S)NC(=O)Cc3cccc4ccccc34)cc2)cc1. The number of hydrogen-bond acceptors (Lipinski definition) is 4. The summed E-state index contributed by atoms with van der Waals surface area (Å²) >= 11 is 5.15. The van der Waals surface area contributed by atoms with Gasteiger partial charge in [0.1, 0.15) is 0 Å². The Morgan fingerprint density at radius 1 is 0.718 bits per heavy atom. The van der Waals surface area contributed by atoms with Crippen molar-refractivity contribution in [2.75, 3.05) is 5.32 Å². The van der Waals surface area contributed by atoms with Crippen molar-refractivity contribution >= 4 is 51.5 Å². The summed E-state index contributed by atoms with van der Waals surface area (Å²) in [5.41, 5.74) is 8.50. The molecule has 4 aromatic carbocycles. The fourth-order valence-corrected chi connectivity index (χ4v) is 4.20. The smallest absolute Gasteiger partial charge is 0.269 e. The maximum atomic E-state index is 12.6. The van der Waals surface area contributed by atoms with E-state index in [1.165, 1.54) is 0 Å². The number of carbonyl (C=O) groups is 3. The lowest BCUT2D eigenvalue weighted by Crippen LogP contribution is -2.48. The topological polar surface area (TPSA) is 99.3 Å². The van der Waals surface area contributed by atoms with E-state index in [-0.39, 0.29) is 28.8 Å². The van der Waals surface area contributed by atoms with Crippen molar-refractivity contribution in [3.63, 3.8) is 0 Å². The molecular weight excluding hydrogens is 508 g/mol. The second-order valence-corrected chi connectivity index (χ2v) is 10.5. The van der Waals surface area contributed by atoms with Crippen molar-refractivity contribution in [1.29, 1.82) is 0 Å². The van der Waals surface area contributed by atoms with Crippen molar-refractivity contribution < 1.29 is 14.4 Å². The zero-order valence-electron chi connectivity index (χ0n) is 22.0. The molecule has 198 valence electrons. The van der Waals surface area contributed by atoms with Crippen molar-refractivity contribution in [3.05, 3.63) is 113 Å². The van der Waals surface area contributed by atoms with Crippen LogP contribution in [0.4, 0.5) is 5.69 Å². The van der Waals surface area contributed by atoms with E-state index in [0.29, 0.717) is 16.8 Å². The molecule has 0 heterocycles. The molecule has 0 aliphatic carbocycles. The molecular formula is C31H30N4O3S. The molecule has 0 bridgehead atoms. The molecule has 7 nitrogen and oxygen atoms in total. The number of anilines is 1. The van der Waals surface area contributed by atoms with Crippen LogP contribution in [0, 0.1) is 0 Å². The van der Waals surface area contributed by atoms with E-state index in [4.69, 9.17) is 12.2 Å². The van der Waals surface area contributed by atoms with Gasteiger partial charge < -0.3 is 10.6 Å². The Morgan fingerprint density at radius 3 is 2.03 bits per heavy atom. The van der Waals surface area contributed by atoms with Gasteiger partial charge in [-0.1, -0.05) is 75.4 Å². The largest absolute Gasteiger partial charge is 0.322 e. The summed E-state index contributed by atoms with van der Waals surface area (Å²) < 4.78 is 0. The van der Waals surface area contributed by atoms with Crippen LogP contribution in [0.3, 0.4) is 0 Å². The van der Waals surface area contributed by atoms with Crippen LogP contribution in [0.15, 0.2) is 91.0 Å². The standard InChI is InChI=1S/C31H30N4O3S/c1-31(2,3)24-15-11-21(12-16-24)28(37)32-25-17-13-22(14-18-25)29(38)34-35-30(39)33-27(36)19-23-9-6-8-20-7-4-5-10-26(20)23/h4-18H,19H2,1-3H3,(H,32,37)(H,34,38)(H2,33,35,36,39). The normalized spacial score (nSPS) is 10.9. The zero-order chi connectivity index (χ0) is 28.0. The van der Waals surface area contributed by atoms with E-state index >= 15 is 0 Å². The first-order valence-corrected chi connectivity index (χ1v) is 12.9. The maximum absolute atomic E-state index is 12.6. The first kappa shape index (κ1) is 27.5. The summed E-state index contributed by atoms with van der Waals surface area (Å²) in [6.07, 6.45) is 0.144. The number of rotatable bonds is 5. The third-order valence-corrected chi connectivity index (χ3v) is 6.40. The molecule has 0 aliphatic heterocycles. The van der Waals surface area contributed by atoms with Gasteiger partial charge in [-0.15, -0.1) is 0 Å². The summed E-state index contributed by atoms with van der Waals surface area (Å²) in [6, 6.07) is 27.6. The fraction of sp³-hybridized carbons (Fsp3) is 0.161. The molecule has 0 aromatic heterocycles. The highest BCUT2D eigenvalue weighted by Gasteiger charge is 2.15. The van der Waals surface area contributed by atoms with Crippen LogP contribution in [0.25, 0.3) is 10.8 Å². The highest BCUT2D eigenvalue weighted by Crippen LogP contribution is 2.23. The van der Waals surface area contributed by atoms with Gasteiger partial charge in [-0.25, -0.2) is 0 Å². The molecule has 0 atom stereocenters. The Bertz CT molecular complexity index is 1520. The first-order chi connectivity index (χ1) is 18.6. The molecule has 39 heavy (non-hydrogen) atoms. The van der Waals surface area contributed by atoms with Crippen LogP contribution in [0.1, 0.15) is 52.6 Å². The third kappa shape index (κ3) is 7.27. The van der Waals surface area contributed by atoms with Crippen LogP contribution in [-0.4, -0.2) is 22.8 Å². The summed E-state index contributed by atoms with van der Waals surface area (Å²) in [4.78, 5) is 37.6. The number of carbonyl (C=O) groups excluding carboxylic acids is 3. The van der Waals surface area contributed by atoms with Gasteiger partial charge in [0.25, 0.3) is 11.8 Å². The minimum absolute atomic E-state index is 0.00704. The van der Waals surface area contributed by atoms with E-state index in [0.717, 1.165) is 21.9 Å². The second kappa shape index (κ2) is 11.9. The molecule has 4 rings (SSSR count). The van der Waals surface area contributed by atoms with Gasteiger partial charge in [0.15, 0.2) is 5.11 Å². The lowest BCUT2D eigenvalue weighted by atomic mass is 9.87. The number of hydrazine groups is 1. The summed E-state index contributed by atoms with van der Waals surface area (Å²) in [7, 11) is 0. The van der Waals surface area contributed by atoms with Gasteiger partial charge in [-0.2, -0.15) is 0 Å². The van der Waals surface area contributed by atoms with E-state index in [9.17, 15) is 14.4 Å². The van der Waals surface area contributed by atoms with Crippen molar-refractivity contribution in [2.45, 2.75) is 32.6 Å². The molecule has 0 saturated heterocycles. The monoisotopic (exact) mass is 538 g/mol. The van der Waals surface area contributed by atoms with E-state index in [1.54, 1.807) is 36.4 Å². The maximum Gasteiger partial charge on any atom is 0.269 e. The second-order valence-electron chi connectivity index (χ2n) is 10.1. The van der Waals surface area contributed by atoms with Gasteiger partial charge in [0.2, 0.25) is 5.91 Å². The molecule has 0 radical (unpaired) electrons. The Hall–Kier alpha value is -4.56. The minimum atomic E-state index is -0.448. The average molecular weight is 539 g/mol. The highest BCUT2D eigenvalue weighted by molar-refractivity contribution is 7.80. The molecule has 4 N–H and O–H groups in total. The highest BCUT2D eigenvalue weighted by atomic mass is 32.1. The van der Waals surface area contributed by atoms with Gasteiger partial charge in [-0.05, 0) is 75.9 Å². The molecule has 0 fully saturated rings. The lowest BCUT2D eigenvalue weighted by molar-refractivity contribution is -0.119. The molecule has 0 saturated carbocycles. The number of nitrogens with one attached hydrogen (secondary N) is 4. The summed E-state index contributed by atoms with van der Waals surface area (Å²) in [5.74, 6) is -0.985. The predicted molar refractivity (Wildman–Crippen MR) is 159 cm³/mol. The third-order valence-electron chi connectivity index (χ3n) is 6.19. The number of amides is 3. The van der Waals surface area contributed by atoms with E-state index in [1.807, 2.05) is 54.6 Å². The average Bonchev–Trinajstić information content (AvgIpc) is 2.92. The molecule has 8 heteroatoms. The zero-order valence-corrected chi connectivity index (χ0v) is 22.8. The Morgan fingerprint density at radius 2 is 1.33 bits per heavy atom. The van der Waals surface area contributed by atoms with Crippen LogP contribution in [-0.2, 0) is 16.6 Å². The summed E-state index contributed by atoms with van der Waals surface area (Å²) in [5, 5.41) is 7.44.